The van der Waals surface area contributed by atoms with Crippen molar-refractivity contribution in [2.75, 3.05) is 19.8 Å². The van der Waals surface area contributed by atoms with E-state index in [2.05, 4.69) is 18.4 Å². The summed E-state index contributed by atoms with van der Waals surface area (Å²) < 4.78 is 32.5. The van der Waals surface area contributed by atoms with E-state index in [0.717, 1.165) is 38.5 Å². The van der Waals surface area contributed by atoms with Crippen molar-refractivity contribution >= 4 is 25.7 Å². The quantitative estimate of drug-likeness (QED) is 0.0322. The molecule has 3 atom stereocenters. The molecule has 0 spiro atoms. The Hall–Kier alpha value is -1.52. The van der Waals surface area contributed by atoms with Gasteiger partial charge in [-0.1, -0.05) is 155 Å². The molecule has 0 aromatic heterocycles. The monoisotopic (exact) mass is 707 g/mol. The lowest BCUT2D eigenvalue weighted by Crippen LogP contribution is -2.34. The molecular weight excluding hydrogens is 637 g/mol. The fourth-order valence-corrected chi connectivity index (χ4v) is 6.08. The maximum absolute atomic E-state index is 12.5. The Bertz CT molecular complexity index is 844. The molecule has 0 heterocycles. The third-order valence-electron chi connectivity index (χ3n) is 8.36. The molecule has 0 saturated carbocycles. The van der Waals surface area contributed by atoms with Crippen LogP contribution in [0.1, 0.15) is 181 Å². The minimum Gasteiger partial charge on any atom is -0.480 e. The zero-order valence-corrected chi connectivity index (χ0v) is 31.2. The third kappa shape index (κ3) is 31.7. The van der Waals surface area contributed by atoms with Gasteiger partial charge in [-0.2, -0.15) is 0 Å². The first-order valence-corrected chi connectivity index (χ1v) is 20.6. The zero-order valence-electron chi connectivity index (χ0n) is 30.3. The summed E-state index contributed by atoms with van der Waals surface area (Å²) >= 11 is 0. The number of phosphoric ester groups is 1. The Kier molecular flexibility index (Phi) is 31.6. The van der Waals surface area contributed by atoms with Crippen LogP contribution in [0.25, 0.3) is 0 Å². The van der Waals surface area contributed by atoms with Crippen molar-refractivity contribution in [3.63, 3.8) is 0 Å². The predicted molar refractivity (Wildman–Crippen MR) is 190 cm³/mol. The maximum Gasteiger partial charge on any atom is 0.472 e. The van der Waals surface area contributed by atoms with Crippen molar-refractivity contribution in [2.24, 2.45) is 5.73 Å². The summed E-state index contributed by atoms with van der Waals surface area (Å²) in [5.74, 6) is -2.37. The smallest absolute Gasteiger partial charge is 0.472 e. The Labute approximate surface area is 291 Å². The van der Waals surface area contributed by atoms with Gasteiger partial charge in [-0.3, -0.25) is 23.4 Å². The van der Waals surface area contributed by atoms with E-state index in [-0.39, 0.29) is 19.4 Å². The second kappa shape index (κ2) is 32.7. The standard InChI is InChI=1S/C36H70NO10P/c1-3-5-7-9-11-13-15-17-19-21-23-25-27-34(38)44-29-32(30-45-48(42,43)46-31-33(37)36(40)41)47-35(39)28-26-24-22-20-18-16-14-12-10-8-6-4-2/h32-33H,3-31,37H2,1-2H3,(H,40,41)(H,42,43). The number of esters is 2. The SMILES string of the molecule is CCCCCCCCCCCCCCC(=O)OCC(COP(=O)(O)OCC(N)C(=O)O)OC(=O)CCCCCCCCCCCCCC. The lowest BCUT2D eigenvalue weighted by atomic mass is 10.0. The number of hydrogen-bond acceptors (Lipinski definition) is 9. The molecule has 0 bridgehead atoms. The molecule has 284 valence electrons. The van der Waals surface area contributed by atoms with Gasteiger partial charge in [0.25, 0.3) is 0 Å². The average Bonchev–Trinajstić information content (AvgIpc) is 3.05. The van der Waals surface area contributed by atoms with Crippen molar-refractivity contribution in [2.45, 2.75) is 193 Å². The highest BCUT2D eigenvalue weighted by Crippen LogP contribution is 2.43. The van der Waals surface area contributed by atoms with E-state index in [1.807, 2.05) is 0 Å². The minimum absolute atomic E-state index is 0.168. The largest absolute Gasteiger partial charge is 0.480 e. The lowest BCUT2D eigenvalue weighted by molar-refractivity contribution is -0.161. The first-order valence-electron chi connectivity index (χ1n) is 19.1. The number of carbonyl (C=O) groups is 3. The molecule has 0 aliphatic heterocycles. The summed E-state index contributed by atoms with van der Waals surface area (Å²) in [5, 5.41) is 8.85. The summed E-state index contributed by atoms with van der Waals surface area (Å²) in [6.45, 7) is 2.79. The van der Waals surface area contributed by atoms with Gasteiger partial charge < -0.3 is 25.2 Å². The second-order valence-corrected chi connectivity index (χ2v) is 14.5. The number of unbranched alkanes of at least 4 members (excludes halogenated alkanes) is 22. The van der Waals surface area contributed by atoms with E-state index in [0.29, 0.717) is 12.8 Å². The third-order valence-corrected chi connectivity index (χ3v) is 9.31. The first kappa shape index (κ1) is 46.5. The molecule has 48 heavy (non-hydrogen) atoms. The minimum atomic E-state index is -4.70. The first-order chi connectivity index (χ1) is 23.1. The highest BCUT2D eigenvalue weighted by Gasteiger charge is 2.28. The van der Waals surface area contributed by atoms with E-state index in [4.69, 9.17) is 24.8 Å². The number of phosphoric acid groups is 1. The van der Waals surface area contributed by atoms with Gasteiger partial charge >= 0.3 is 25.7 Å². The van der Waals surface area contributed by atoms with Gasteiger partial charge in [0, 0.05) is 12.8 Å². The van der Waals surface area contributed by atoms with Gasteiger partial charge in [-0.05, 0) is 12.8 Å². The molecule has 0 aliphatic rings. The van der Waals surface area contributed by atoms with Crippen molar-refractivity contribution in [1.29, 1.82) is 0 Å². The van der Waals surface area contributed by atoms with E-state index < -0.39 is 51.1 Å². The highest BCUT2D eigenvalue weighted by molar-refractivity contribution is 7.47. The summed E-state index contributed by atoms with van der Waals surface area (Å²) in [4.78, 5) is 45.7. The topological polar surface area (TPSA) is 172 Å². The van der Waals surface area contributed by atoms with Crippen LogP contribution >= 0.6 is 7.82 Å². The fourth-order valence-electron chi connectivity index (χ4n) is 5.30. The van der Waals surface area contributed by atoms with E-state index in [1.165, 1.54) is 103 Å². The second-order valence-electron chi connectivity index (χ2n) is 13.1. The van der Waals surface area contributed by atoms with Crippen LogP contribution in [0.3, 0.4) is 0 Å². The Morgan fingerprint density at radius 2 is 0.917 bits per heavy atom. The summed E-state index contributed by atoms with van der Waals surface area (Å²) in [6, 6.07) is -1.51. The van der Waals surface area contributed by atoms with Gasteiger partial charge in [0.15, 0.2) is 6.10 Å². The Balaban J connectivity index is 4.42. The van der Waals surface area contributed by atoms with Crippen LogP contribution in [0.2, 0.25) is 0 Å². The number of carbonyl (C=O) groups excluding carboxylic acids is 2. The molecule has 3 unspecified atom stereocenters. The van der Waals surface area contributed by atoms with Crippen molar-refractivity contribution < 1.29 is 47.5 Å². The molecule has 4 N–H and O–H groups in total. The number of ether oxygens (including phenoxy) is 2. The van der Waals surface area contributed by atoms with Crippen LogP contribution in [0.5, 0.6) is 0 Å². The molecule has 0 aromatic rings. The summed E-state index contributed by atoms with van der Waals surface area (Å²) in [7, 11) is -4.70. The molecule has 0 aliphatic carbocycles. The van der Waals surface area contributed by atoms with Gasteiger partial charge in [0.1, 0.15) is 12.6 Å². The zero-order chi connectivity index (χ0) is 35.7. The van der Waals surface area contributed by atoms with Crippen molar-refractivity contribution in [1.82, 2.24) is 0 Å². The normalized spacial score (nSPS) is 13.9. The molecule has 0 amide bonds. The molecule has 0 radical (unpaired) electrons. The highest BCUT2D eigenvalue weighted by atomic mass is 31.2. The van der Waals surface area contributed by atoms with Crippen LogP contribution in [0.15, 0.2) is 0 Å². The molecule has 0 aromatic carbocycles. The van der Waals surface area contributed by atoms with Gasteiger partial charge in [0.05, 0.1) is 13.2 Å². The van der Waals surface area contributed by atoms with Crippen molar-refractivity contribution in [3.8, 4) is 0 Å². The van der Waals surface area contributed by atoms with E-state index in [9.17, 15) is 23.8 Å². The van der Waals surface area contributed by atoms with Gasteiger partial charge in [0.2, 0.25) is 0 Å². The van der Waals surface area contributed by atoms with E-state index in [1.54, 1.807) is 0 Å². The molecular formula is C36H70NO10P. The summed E-state index contributed by atoms with van der Waals surface area (Å²) in [5.41, 5.74) is 5.31. The van der Waals surface area contributed by atoms with Crippen LogP contribution in [-0.4, -0.2) is 59.9 Å². The Morgan fingerprint density at radius 1 is 0.562 bits per heavy atom. The lowest BCUT2D eigenvalue weighted by Gasteiger charge is -2.20. The van der Waals surface area contributed by atoms with Crippen LogP contribution in [0.4, 0.5) is 0 Å². The number of hydrogen-bond donors (Lipinski definition) is 3. The van der Waals surface area contributed by atoms with Crippen molar-refractivity contribution in [3.05, 3.63) is 0 Å². The predicted octanol–water partition coefficient (Wildman–Crippen LogP) is 9.17. The van der Waals surface area contributed by atoms with Crippen LogP contribution in [-0.2, 0) is 37.5 Å². The molecule has 11 nitrogen and oxygen atoms in total. The number of nitrogens with two attached hydrogens (primary N) is 1. The number of carboxylic acids is 1. The van der Waals surface area contributed by atoms with Gasteiger partial charge in [-0.15, -0.1) is 0 Å². The molecule has 12 heteroatoms. The fraction of sp³-hybridized carbons (Fsp3) is 0.917. The summed E-state index contributed by atoms with van der Waals surface area (Å²) in [6.07, 6.45) is 27.4. The average molecular weight is 708 g/mol. The van der Waals surface area contributed by atoms with Crippen LogP contribution < -0.4 is 5.73 Å². The number of carboxylic acid groups (broad SMARTS) is 1. The molecule has 0 fully saturated rings. The number of rotatable bonds is 36. The maximum atomic E-state index is 12.5. The molecule has 0 saturated heterocycles. The number of aliphatic carboxylic acids is 1. The van der Waals surface area contributed by atoms with E-state index >= 15 is 0 Å². The Morgan fingerprint density at radius 3 is 1.31 bits per heavy atom. The van der Waals surface area contributed by atoms with Gasteiger partial charge in [-0.25, -0.2) is 4.57 Å². The van der Waals surface area contributed by atoms with Crippen LogP contribution in [0, 0.1) is 0 Å². The molecule has 0 rings (SSSR count).